The van der Waals surface area contributed by atoms with Crippen LogP contribution in [0.3, 0.4) is 0 Å². The number of hydrogen-bond donors (Lipinski definition) is 0. The van der Waals surface area contributed by atoms with Crippen LogP contribution in [0, 0.1) is 5.92 Å². The molecule has 0 spiro atoms. The molecule has 0 aliphatic heterocycles. The van der Waals surface area contributed by atoms with Crippen molar-refractivity contribution in [2.45, 2.75) is 25.3 Å². The Morgan fingerprint density at radius 3 is 2.46 bits per heavy atom. The zero-order valence-corrected chi connectivity index (χ0v) is 12.5. The molecular weight excluding hydrogens is 330 g/mol. The Morgan fingerprint density at radius 2 is 1.96 bits per heavy atom. The predicted molar refractivity (Wildman–Crippen MR) is 74.2 cm³/mol. The maximum atomic E-state index is 12.9. The second-order valence-electron chi connectivity index (χ2n) is 5.67. The molecule has 1 aliphatic carbocycles. The molecule has 128 valence electrons. The molecule has 2 aromatic rings. The van der Waals surface area contributed by atoms with Crippen LogP contribution in [0.4, 0.5) is 17.6 Å². The molecule has 0 N–H and O–H groups in total. The molecule has 0 bridgehead atoms. The van der Waals surface area contributed by atoms with E-state index in [1.165, 1.54) is 17.0 Å². The molecule has 5 nitrogen and oxygen atoms in total. The smallest absolute Gasteiger partial charge is 0.341 e. The van der Waals surface area contributed by atoms with E-state index >= 15 is 0 Å². The number of carbonyl (C=O) groups is 1. The van der Waals surface area contributed by atoms with Crippen molar-refractivity contribution in [3.63, 3.8) is 0 Å². The van der Waals surface area contributed by atoms with Gasteiger partial charge in [-0.1, -0.05) is 29.4 Å². The van der Waals surface area contributed by atoms with E-state index in [0.717, 1.165) is 5.56 Å². The minimum Gasteiger partial charge on any atom is -0.341 e. The van der Waals surface area contributed by atoms with E-state index in [0.29, 0.717) is 5.56 Å². The minimum atomic E-state index is -4.69. The molecule has 1 aromatic heterocycles. The summed E-state index contributed by atoms with van der Waals surface area (Å²) < 4.78 is 54.4. The number of benzene rings is 1. The van der Waals surface area contributed by atoms with E-state index in [2.05, 4.69) is 14.7 Å². The quantitative estimate of drug-likeness (QED) is 0.801. The largest absolute Gasteiger partial charge is 0.471 e. The Hall–Kier alpha value is -2.45. The average molecular weight is 343 g/mol. The van der Waals surface area contributed by atoms with Gasteiger partial charge in [-0.25, -0.2) is 4.39 Å². The third-order valence-corrected chi connectivity index (χ3v) is 3.71. The van der Waals surface area contributed by atoms with Crippen LogP contribution in [0.5, 0.6) is 0 Å². The summed E-state index contributed by atoms with van der Waals surface area (Å²) in [5.41, 5.74) is 1.11. The molecule has 3 rings (SSSR count). The molecule has 1 aliphatic rings. The number of hydrogen-bond acceptors (Lipinski definition) is 4. The van der Waals surface area contributed by atoms with Crippen LogP contribution in [0.15, 0.2) is 28.8 Å². The van der Waals surface area contributed by atoms with Gasteiger partial charge in [0.25, 0.3) is 0 Å². The summed E-state index contributed by atoms with van der Waals surface area (Å²) in [5.74, 6) is -2.37. The Kier molecular flexibility index (Phi) is 4.02. The first kappa shape index (κ1) is 16.4. The summed E-state index contributed by atoms with van der Waals surface area (Å²) in [6.45, 7) is 0.280. The van der Waals surface area contributed by atoms with Gasteiger partial charge in [-0.05, 0) is 12.0 Å². The summed E-state index contributed by atoms with van der Waals surface area (Å²) >= 11 is 0. The zero-order chi connectivity index (χ0) is 17.5. The number of carbonyl (C=O) groups excluding carboxylic acids is 1. The number of halogens is 4. The first-order valence-electron chi connectivity index (χ1n) is 7.15. The lowest BCUT2D eigenvalue weighted by atomic mass is 10.1. The van der Waals surface area contributed by atoms with Crippen molar-refractivity contribution in [1.82, 2.24) is 15.0 Å². The van der Waals surface area contributed by atoms with E-state index in [9.17, 15) is 22.4 Å². The molecule has 1 fully saturated rings. The topological polar surface area (TPSA) is 59.2 Å². The lowest BCUT2D eigenvalue weighted by molar-refractivity contribution is -0.159. The molecular formula is C15H13F4N3O2. The van der Waals surface area contributed by atoms with Crippen molar-refractivity contribution < 1.29 is 26.9 Å². The third kappa shape index (κ3) is 3.39. The van der Waals surface area contributed by atoms with Crippen molar-refractivity contribution in [2.75, 3.05) is 7.05 Å². The summed E-state index contributed by atoms with van der Waals surface area (Å²) in [4.78, 5) is 16.6. The Balaban J connectivity index is 1.67. The second-order valence-corrected chi connectivity index (χ2v) is 5.67. The fraction of sp³-hybridized carbons (Fsp3) is 0.400. The zero-order valence-electron chi connectivity index (χ0n) is 12.5. The van der Waals surface area contributed by atoms with Gasteiger partial charge >= 0.3 is 12.1 Å². The Bertz CT molecular complexity index is 742. The Morgan fingerprint density at radius 1 is 1.33 bits per heavy atom. The molecule has 1 saturated carbocycles. The van der Waals surface area contributed by atoms with Gasteiger partial charge in [0.15, 0.2) is 0 Å². The van der Waals surface area contributed by atoms with Gasteiger partial charge in [0.05, 0.1) is 5.92 Å². The maximum Gasteiger partial charge on any atom is 0.471 e. The van der Waals surface area contributed by atoms with E-state index in [1.807, 2.05) is 0 Å². The molecule has 1 aromatic carbocycles. The van der Waals surface area contributed by atoms with Crippen molar-refractivity contribution in [3.8, 4) is 11.4 Å². The highest BCUT2D eigenvalue weighted by molar-refractivity contribution is 5.81. The van der Waals surface area contributed by atoms with Crippen LogP contribution in [-0.4, -0.2) is 34.2 Å². The lowest BCUT2D eigenvalue weighted by Gasteiger charge is -2.17. The van der Waals surface area contributed by atoms with Gasteiger partial charge in [-0.3, -0.25) is 4.79 Å². The van der Waals surface area contributed by atoms with Gasteiger partial charge in [0.1, 0.15) is 6.17 Å². The predicted octanol–water partition coefficient (Wildman–Crippen LogP) is 3.07. The van der Waals surface area contributed by atoms with Gasteiger partial charge in [-0.15, -0.1) is 0 Å². The SMILES string of the molecule is CN(Cc1ccc(-c2noc(C(F)(F)F)n2)cc1)C(=O)C1CC1F. The lowest BCUT2D eigenvalue weighted by Crippen LogP contribution is -2.28. The monoisotopic (exact) mass is 343 g/mol. The van der Waals surface area contributed by atoms with E-state index in [4.69, 9.17) is 0 Å². The highest BCUT2D eigenvalue weighted by Gasteiger charge is 2.44. The van der Waals surface area contributed by atoms with Gasteiger partial charge in [0, 0.05) is 19.2 Å². The summed E-state index contributed by atoms with van der Waals surface area (Å²) in [6, 6.07) is 6.35. The number of aromatic nitrogens is 2. The second kappa shape index (κ2) is 5.88. The number of rotatable bonds is 4. The highest BCUT2D eigenvalue weighted by atomic mass is 19.4. The van der Waals surface area contributed by atoms with Crippen molar-refractivity contribution in [1.29, 1.82) is 0 Å². The number of amides is 1. The fourth-order valence-electron chi connectivity index (χ4n) is 2.27. The van der Waals surface area contributed by atoms with Crippen LogP contribution < -0.4 is 0 Å². The van der Waals surface area contributed by atoms with Crippen molar-refractivity contribution in [3.05, 3.63) is 35.7 Å². The van der Waals surface area contributed by atoms with Gasteiger partial charge < -0.3 is 9.42 Å². The molecule has 1 heterocycles. The average Bonchev–Trinajstić information content (AvgIpc) is 3.04. The molecule has 0 radical (unpaired) electrons. The van der Waals surface area contributed by atoms with Crippen LogP contribution in [0.1, 0.15) is 17.9 Å². The summed E-state index contributed by atoms with van der Waals surface area (Å²) in [7, 11) is 1.58. The first-order chi connectivity index (χ1) is 11.3. The first-order valence-corrected chi connectivity index (χ1v) is 7.15. The van der Waals surface area contributed by atoms with E-state index < -0.39 is 24.2 Å². The maximum absolute atomic E-state index is 12.9. The Labute approximate surface area is 134 Å². The fourth-order valence-corrected chi connectivity index (χ4v) is 2.27. The molecule has 1 amide bonds. The molecule has 2 atom stereocenters. The molecule has 9 heteroatoms. The van der Waals surface area contributed by atoms with Crippen LogP contribution in [0.25, 0.3) is 11.4 Å². The minimum absolute atomic E-state index is 0.170. The van der Waals surface area contributed by atoms with Gasteiger partial charge in [-0.2, -0.15) is 18.2 Å². The molecule has 24 heavy (non-hydrogen) atoms. The highest BCUT2D eigenvalue weighted by Crippen LogP contribution is 2.35. The van der Waals surface area contributed by atoms with Crippen LogP contribution >= 0.6 is 0 Å². The standard InChI is InChI=1S/C15H13F4N3O2/c1-22(13(23)10-6-11(10)16)7-8-2-4-9(5-3-8)12-20-14(24-21-12)15(17,18)19/h2-5,10-11H,6-7H2,1H3. The van der Waals surface area contributed by atoms with Crippen LogP contribution in [-0.2, 0) is 17.5 Å². The number of alkyl halides is 4. The van der Waals surface area contributed by atoms with Gasteiger partial charge in [0.2, 0.25) is 11.7 Å². The number of nitrogens with zero attached hydrogens (tertiary/aromatic N) is 3. The van der Waals surface area contributed by atoms with E-state index in [1.54, 1.807) is 19.2 Å². The summed E-state index contributed by atoms with van der Waals surface area (Å²) in [6.07, 6.45) is -5.48. The summed E-state index contributed by atoms with van der Waals surface area (Å²) in [5, 5.41) is 3.30. The van der Waals surface area contributed by atoms with E-state index in [-0.39, 0.29) is 24.7 Å². The molecule has 2 unspecified atom stereocenters. The van der Waals surface area contributed by atoms with Crippen molar-refractivity contribution in [2.24, 2.45) is 5.92 Å². The van der Waals surface area contributed by atoms with Crippen LogP contribution in [0.2, 0.25) is 0 Å². The third-order valence-electron chi connectivity index (χ3n) is 3.71. The van der Waals surface area contributed by atoms with Crippen molar-refractivity contribution >= 4 is 5.91 Å². The molecule has 0 saturated heterocycles. The normalized spacial score (nSPS) is 20.0.